The number of thiophene rings is 1. The summed E-state index contributed by atoms with van der Waals surface area (Å²) in [6.45, 7) is 2.72. The summed E-state index contributed by atoms with van der Waals surface area (Å²) in [7, 11) is 0. The Hall–Kier alpha value is -0.660. The van der Waals surface area contributed by atoms with Gasteiger partial charge in [0.15, 0.2) is 0 Å². The van der Waals surface area contributed by atoms with Gasteiger partial charge in [-0.05, 0) is 69.7 Å². The molecule has 1 aromatic heterocycles. The Balaban J connectivity index is 0.00000168. The number of nitrogens with one attached hydrogen (secondary N) is 1. The van der Waals surface area contributed by atoms with E-state index in [0.717, 1.165) is 69.5 Å². The minimum atomic E-state index is -0.232. The first kappa shape index (κ1) is 18.7. The maximum Gasteiger partial charge on any atom is 0.264 e. The molecule has 2 bridgehead atoms. The van der Waals surface area contributed by atoms with Crippen LogP contribution in [0.25, 0.3) is 0 Å². The van der Waals surface area contributed by atoms with Crippen LogP contribution in [0.1, 0.15) is 58.6 Å². The van der Waals surface area contributed by atoms with Crippen molar-refractivity contribution in [1.29, 1.82) is 0 Å². The lowest BCUT2D eigenvalue weighted by Gasteiger charge is -2.40. The Bertz CT molecular complexity index is 674. The van der Waals surface area contributed by atoms with Crippen molar-refractivity contribution in [2.45, 2.75) is 68.7 Å². The molecule has 1 aromatic rings. The number of hydrogen-bond acceptors (Lipinski definition) is 5. The fourth-order valence-electron chi connectivity index (χ4n) is 5.34. The molecule has 26 heavy (non-hydrogen) atoms. The van der Waals surface area contributed by atoms with E-state index in [9.17, 15) is 9.90 Å². The minimum absolute atomic E-state index is 0. The van der Waals surface area contributed by atoms with Crippen molar-refractivity contribution in [1.82, 2.24) is 10.2 Å². The average molecular weight is 399 g/mol. The summed E-state index contributed by atoms with van der Waals surface area (Å²) < 4.78 is 6.25. The lowest BCUT2D eigenvalue weighted by atomic mass is 9.86. The zero-order valence-electron chi connectivity index (χ0n) is 14.9. The van der Waals surface area contributed by atoms with Crippen LogP contribution in [-0.4, -0.2) is 53.8 Å². The van der Waals surface area contributed by atoms with Crippen molar-refractivity contribution in [3.05, 3.63) is 21.4 Å². The number of aliphatic hydroxyl groups excluding tert-OH is 1. The fraction of sp³-hybridized carbons (Fsp3) is 0.737. The van der Waals surface area contributed by atoms with Crippen molar-refractivity contribution >= 4 is 29.7 Å². The van der Waals surface area contributed by atoms with Crippen molar-refractivity contribution in [3.8, 4) is 0 Å². The Morgan fingerprint density at radius 2 is 1.96 bits per heavy atom. The summed E-state index contributed by atoms with van der Waals surface area (Å²) in [5.74, 6) is 0.183. The highest BCUT2D eigenvalue weighted by molar-refractivity contribution is 7.14. The summed E-state index contributed by atoms with van der Waals surface area (Å²) in [6.07, 6.45) is 6.24. The number of nitrogens with zero attached hydrogens (tertiary/aromatic N) is 1. The Labute approximate surface area is 164 Å². The number of amides is 1. The van der Waals surface area contributed by atoms with Gasteiger partial charge in [-0.3, -0.25) is 4.79 Å². The van der Waals surface area contributed by atoms with E-state index in [2.05, 4.69) is 16.3 Å². The SMILES string of the molecule is Cl.O=C(c1cc2c(s1)C1(CCNCC1)OCC2)N1[C@@H]2CC[C@H]1CC(O)C2. The lowest BCUT2D eigenvalue weighted by molar-refractivity contribution is -0.0771. The Kier molecular flexibility index (Phi) is 5.07. The summed E-state index contributed by atoms with van der Waals surface area (Å²) >= 11 is 1.67. The van der Waals surface area contributed by atoms with Gasteiger partial charge in [0.1, 0.15) is 5.60 Å². The molecule has 0 saturated carbocycles. The van der Waals surface area contributed by atoms with Crippen LogP contribution in [0.3, 0.4) is 0 Å². The number of ether oxygens (including phenoxy) is 1. The second-order valence-corrected chi connectivity index (χ2v) is 9.08. The van der Waals surface area contributed by atoms with Crippen LogP contribution in [0.4, 0.5) is 0 Å². The molecular weight excluding hydrogens is 372 g/mol. The number of halogens is 1. The van der Waals surface area contributed by atoms with Gasteiger partial charge in [0.05, 0.1) is 17.6 Å². The van der Waals surface area contributed by atoms with E-state index in [1.165, 1.54) is 10.4 Å². The molecule has 0 aliphatic carbocycles. The van der Waals surface area contributed by atoms with Gasteiger partial charge in [-0.1, -0.05) is 0 Å². The first-order chi connectivity index (χ1) is 12.2. The first-order valence-corrected chi connectivity index (χ1v) is 10.5. The molecule has 1 amide bonds. The number of aliphatic hydroxyl groups is 1. The van der Waals surface area contributed by atoms with Gasteiger partial charge in [-0.15, -0.1) is 23.7 Å². The molecule has 5 nitrogen and oxygen atoms in total. The predicted molar refractivity (Wildman–Crippen MR) is 103 cm³/mol. The second-order valence-electron chi connectivity index (χ2n) is 8.03. The van der Waals surface area contributed by atoms with Gasteiger partial charge in [0.25, 0.3) is 5.91 Å². The van der Waals surface area contributed by atoms with Gasteiger partial charge >= 0.3 is 0 Å². The Morgan fingerprint density at radius 3 is 2.65 bits per heavy atom. The molecule has 144 valence electrons. The van der Waals surface area contributed by atoms with Crippen LogP contribution in [0.5, 0.6) is 0 Å². The largest absolute Gasteiger partial charge is 0.393 e. The van der Waals surface area contributed by atoms with Crippen LogP contribution < -0.4 is 5.32 Å². The van der Waals surface area contributed by atoms with E-state index < -0.39 is 0 Å². The number of carbonyl (C=O) groups excluding carboxylic acids is 1. The average Bonchev–Trinajstić information content (AvgIpc) is 3.16. The third-order valence-electron chi connectivity index (χ3n) is 6.54. The molecule has 5 rings (SSSR count). The molecule has 3 atom stereocenters. The van der Waals surface area contributed by atoms with Crippen LogP contribution >= 0.6 is 23.7 Å². The van der Waals surface area contributed by atoms with Gasteiger partial charge < -0.3 is 20.1 Å². The van der Waals surface area contributed by atoms with Crippen LogP contribution in [0.2, 0.25) is 0 Å². The highest BCUT2D eigenvalue weighted by atomic mass is 35.5. The monoisotopic (exact) mass is 398 g/mol. The normalized spacial score (nSPS) is 32.2. The van der Waals surface area contributed by atoms with E-state index in [1.807, 2.05) is 0 Å². The third-order valence-corrected chi connectivity index (χ3v) is 7.89. The van der Waals surface area contributed by atoms with Gasteiger partial charge in [-0.25, -0.2) is 0 Å². The van der Waals surface area contributed by atoms with Crippen molar-refractivity contribution in [3.63, 3.8) is 0 Å². The summed E-state index contributed by atoms with van der Waals surface area (Å²) in [6, 6.07) is 2.59. The van der Waals surface area contributed by atoms with Crippen LogP contribution in [0, 0.1) is 0 Å². The van der Waals surface area contributed by atoms with Gasteiger partial charge in [0.2, 0.25) is 0 Å². The standard InChI is InChI=1S/C19H26N2O3S.ClH/c22-15-10-13-1-2-14(11-15)21(13)18(23)16-9-12-3-8-24-19(17(12)25-16)4-6-20-7-5-19;/h9,13-15,20,22H,1-8,10-11H2;1H/t13-,14+,15?;. The van der Waals surface area contributed by atoms with Crippen LogP contribution in [0.15, 0.2) is 6.07 Å². The zero-order chi connectivity index (χ0) is 17.0. The van der Waals surface area contributed by atoms with E-state index >= 15 is 0 Å². The first-order valence-electron chi connectivity index (χ1n) is 9.65. The maximum atomic E-state index is 13.3. The zero-order valence-corrected chi connectivity index (χ0v) is 16.5. The van der Waals surface area contributed by atoms with E-state index in [0.29, 0.717) is 0 Å². The molecule has 4 aliphatic rings. The molecule has 5 heterocycles. The van der Waals surface area contributed by atoms with E-state index in [-0.39, 0.29) is 42.1 Å². The number of fused-ring (bicyclic) bond motifs is 4. The maximum absolute atomic E-state index is 13.3. The molecule has 1 unspecified atom stereocenters. The fourth-order valence-corrected chi connectivity index (χ4v) is 6.69. The molecule has 3 saturated heterocycles. The van der Waals surface area contributed by atoms with Gasteiger partial charge in [0, 0.05) is 17.0 Å². The number of rotatable bonds is 1. The number of carbonyl (C=O) groups is 1. The predicted octanol–water partition coefficient (Wildman–Crippen LogP) is 2.45. The molecule has 2 N–H and O–H groups in total. The van der Waals surface area contributed by atoms with E-state index in [4.69, 9.17) is 4.74 Å². The smallest absolute Gasteiger partial charge is 0.264 e. The quantitative estimate of drug-likeness (QED) is 0.762. The third kappa shape index (κ3) is 2.90. The number of piperidine rings is 2. The van der Waals surface area contributed by atoms with E-state index in [1.54, 1.807) is 11.3 Å². The lowest BCUT2D eigenvalue weighted by Crippen LogP contribution is -2.47. The summed E-state index contributed by atoms with van der Waals surface area (Å²) in [5, 5.41) is 13.4. The van der Waals surface area contributed by atoms with Crippen molar-refractivity contribution in [2.75, 3.05) is 19.7 Å². The molecule has 0 aromatic carbocycles. The molecule has 1 spiro atoms. The van der Waals surface area contributed by atoms with Crippen molar-refractivity contribution < 1.29 is 14.6 Å². The Morgan fingerprint density at radius 1 is 1.27 bits per heavy atom. The summed E-state index contributed by atoms with van der Waals surface area (Å²) in [4.78, 5) is 17.5. The summed E-state index contributed by atoms with van der Waals surface area (Å²) in [5.41, 5.74) is 1.16. The highest BCUT2D eigenvalue weighted by Crippen LogP contribution is 2.45. The minimum Gasteiger partial charge on any atom is -0.393 e. The molecule has 3 fully saturated rings. The highest BCUT2D eigenvalue weighted by Gasteiger charge is 2.45. The van der Waals surface area contributed by atoms with Crippen LogP contribution in [-0.2, 0) is 16.8 Å². The van der Waals surface area contributed by atoms with Crippen molar-refractivity contribution in [2.24, 2.45) is 0 Å². The number of hydrogen-bond donors (Lipinski definition) is 2. The topological polar surface area (TPSA) is 61.8 Å². The molecular formula is C19H27ClN2O3S. The van der Waals surface area contributed by atoms with Gasteiger partial charge in [-0.2, -0.15) is 0 Å². The second kappa shape index (κ2) is 7.06. The molecule has 0 radical (unpaired) electrons. The molecule has 7 heteroatoms. The molecule has 4 aliphatic heterocycles.